The minimum atomic E-state index is -0.826. The van der Waals surface area contributed by atoms with Crippen LogP contribution in [0.15, 0.2) is 30.3 Å². The molecule has 0 saturated carbocycles. The van der Waals surface area contributed by atoms with Crippen molar-refractivity contribution in [3.63, 3.8) is 0 Å². The predicted molar refractivity (Wildman–Crippen MR) is 96.7 cm³/mol. The third-order valence-corrected chi connectivity index (χ3v) is 4.49. The van der Waals surface area contributed by atoms with Gasteiger partial charge in [-0.05, 0) is 25.5 Å². The van der Waals surface area contributed by atoms with Crippen LogP contribution in [0.1, 0.15) is 28.8 Å². The van der Waals surface area contributed by atoms with Crippen LogP contribution in [0.25, 0.3) is 6.08 Å². The molecule has 0 spiro atoms. The average molecular weight is 375 g/mol. The number of rotatable bonds is 5. The Morgan fingerprint density at radius 3 is 2.77 bits per heavy atom. The summed E-state index contributed by atoms with van der Waals surface area (Å²) in [5.74, 6) is -1.12. The summed E-state index contributed by atoms with van der Waals surface area (Å²) in [5, 5.41) is 4.87. The Hall–Kier alpha value is -2.60. The Morgan fingerprint density at radius 2 is 2.12 bits per heavy atom. The van der Waals surface area contributed by atoms with Crippen LogP contribution in [-0.2, 0) is 25.6 Å². The van der Waals surface area contributed by atoms with Gasteiger partial charge in [0.15, 0.2) is 0 Å². The van der Waals surface area contributed by atoms with E-state index in [9.17, 15) is 9.59 Å². The minimum absolute atomic E-state index is 0.275. The molecule has 0 N–H and O–H groups in total. The summed E-state index contributed by atoms with van der Waals surface area (Å²) in [5.41, 5.74) is 3.61. The Kier molecular flexibility index (Phi) is 5.42. The molecule has 3 rings (SSSR count). The molecule has 1 aromatic carbocycles. The van der Waals surface area contributed by atoms with E-state index in [0.717, 1.165) is 5.56 Å². The highest BCUT2D eigenvalue weighted by Crippen LogP contribution is 2.22. The van der Waals surface area contributed by atoms with E-state index < -0.39 is 18.0 Å². The highest BCUT2D eigenvalue weighted by molar-refractivity contribution is 6.31. The molecule has 0 bridgehead atoms. The maximum absolute atomic E-state index is 11.9. The van der Waals surface area contributed by atoms with Gasteiger partial charge in [-0.2, -0.15) is 5.10 Å². The topological polar surface area (TPSA) is 70.4 Å². The monoisotopic (exact) mass is 374 g/mol. The van der Waals surface area contributed by atoms with Gasteiger partial charge in [0.1, 0.15) is 5.15 Å². The fourth-order valence-electron chi connectivity index (χ4n) is 2.64. The third kappa shape index (κ3) is 4.14. The Balaban J connectivity index is 1.70. The lowest BCUT2D eigenvalue weighted by molar-refractivity contribution is -0.156. The predicted octanol–water partition coefficient (Wildman–Crippen LogP) is 3.07. The van der Waals surface area contributed by atoms with Gasteiger partial charge in [-0.1, -0.05) is 41.4 Å². The molecule has 26 heavy (non-hydrogen) atoms. The number of hydrogen-bond donors (Lipinski definition) is 0. The standard InChI is InChI=1S/C19H19ClN2O4/c1-12-3-5-14(6-4-12)11-22-18(20)15(13(2)21-22)7-8-17(23)26-16-9-10-25-19(16)24/h3-8,16H,9-11H2,1-2H3/b8-7+. The SMILES string of the molecule is Cc1ccc(Cn2nc(C)c(/C=C/C(=O)OC3CCOC3=O)c2Cl)cc1. The van der Waals surface area contributed by atoms with Crippen molar-refractivity contribution in [2.75, 3.05) is 6.61 Å². The van der Waals surface area contributed by atoms with Gasteiger partial charge in [-0.3, -0.25) is 0 Å². The van der Waals surface area contributed by atoms with Crippen molar-refractivity contribution in [2.24, 2.45) is 0 Å². The maximum atomic E-state index is 11.9. The number of ether oxygens (including phenoxy) is 2. The normalized spacial score (nSPS) is 16.9. The minimum Gasteiger partial charge on any atom is -0.463 e. The number of cyclic esters (lactones) is 1. The quantitative estimate of drug-likeness (QED) is 0.594. The number of carbonyl (C=O) groups excluding carboxylic acids is 2. The average Bonchev–Trinajstić information content (AvgIpc) is 3.12. The molecule has 0 amide bonds. The second-order valence-electron chi connectivity index (χ2n) is 6.15. The van der Waals surface area contributed by atoms with Crippen LogP contribution in [-0.4, -0.2) is 34.4 Å². The van der Waals surface area contributed by atoms with Crippen LogP contribution >= 0.6 is 11.6 Å². The molecular weight excluding hydrogens is 356 g/mol. The zero-order valence-corrected chi connectivity index (χ0v) is 15.3. The molecule has 7 heteroatoms. The zero-order valence-electron chi connectivity index (χ0n) is 14.6. The third-order valence-electron chi connectivity index (χ3n) is 4.09. The zero-order chi connectivity index (χ0) is 18.7. The van der Waals surface area contributed by atoms with Crippen molar-refractivity contribution < 1.29 is 19.1 Å². The van der Waals surface area contributed by atoms with Gasteiger partial charge in [-0.15, -0.1) is 0 Å². The number of hydrogen-bond acceptors (Lipinski definition) is 5. The van der Waals surface area contributed by atoms with Crippen molar-refractivity contribution in [1.29, 1.82) is 0 Å². The van der Waals surface area contributed by atoms with E-state index >= 15 is 0 Å². The summed E-state index contributed by atoms with van der Waals surface area (Å²) < 4.78 is 11.5. The molecule has 1 saturated heterocycles. The summed E-state index contributed by atoms with van der Waals surface area (Å²) in [6, 6.07) is 8.11. The highest BCUT2D eigenvalue weighted by Gasteiger charge is 2.29. The van der Waals surface area contributed by atoms with Crippen LogP contribution in [0, 0.1) is 13.8 Å². The second-order valence-corrected chi connectivity index (χ2v) is 6.51. The van der Waals surface area contributed by atoms with E-state index in [-0.39, 0.29) is 6.61 Å². The lowest BCUT2D eigenvalue weighted by atomic mass is 10.1. The van der Waals surface area contributed by atoms with E-state index in [1.165, 1.54) is 11.6 Å². The van der Waals surface area contributed by atoms with Crippen LogP contribution in [0.4, 0.5) is 0 Å². The largest absolute Gasteiger partial charge is 0.463 e. The van der Waals surface area contributed by atoms with Crippen LogP contribution in [0.5, 0.6) is 0 Å². The fourth-order valence-corrected chi connectivity index (χ4v) is 2.94. The molecule has 1 aliphatic heterocycles. The van der Waals surface area contributed by atoms with Crippen molar-refractivity contribution in [3.05, 3.63) is 57.9 Å². The number of esters is 2. The highest BCUT2D eigenvalue weighted by atomic mass is 35.5. The Bertz CT molecular complexity index is 855. The van der Waals surface area contributed by atoms with E-state index in [4.69, 9.17) is 21.1 Å². The number of aryl methyl sites for hydroxylation is 2. The van der Waals surface area contributed by atoms with Gasteiger partial charge in [0.25, 0.3) is 0 Å². The molecule has 6 nitrogen and oxygen atoms in total. The van der Waals surface area contributed by atoms with Gasteiger partial charge >= 0.3 is 11.9 Å². The molecule has 0 radical (unpaired) electrons. The number of carbonyl (C=O) groups is 2. The summed E-state index contributed by atoms with van der Waals surface area (Å²) in [4.78, 5) is 23.2. The number of benzene rings is 1. The molecule has 136 valence electrons. The molecule has 0 aliphatic carbocycles. The molecule has 1 atom stereocenters. The molecule has 1 unspecified atom stereocenters. The molecule has 2 aromatic rings. The molecule has 1 fully saturated rings. The Morgan fingerprint density at radius 1 is 1.38 bits per heavy atom. The van der Waals surface area contributed by atoms with Gasteiger partial charge < -0.3 is 9.47 Å². The van der Waals surface area contributed by atoms with Crippen LogP contribution < -0.4 is 0 Å². The smallest absolute Gasteiger partial charge is 0.347 e. The molecule has 1 aromatic heterocycles. The van der Waals surface area contributed by atoms with Crippen molar-refractivity contribution in [1.82, 2.24) is 9.78 Å². The number of halogens is 1. The van der Waals surface area contributed by atoms with Crippen LogP contribution in [0.3, 0.4) is 0 Å². The summed E-state index contributed by atoms with van der Waals surface area (Å²) in [7, 11) is 0. The summed E-state index contributed by atoms with van der Waals surface area (Å²) in [6.45, 7) is 4.66. The van der Waals surface area contributed by atoms with Gasteiger partial charge in [-0.25, -0.2) is 14.3 Å². The lowest BCUT2D eigenvalue weighted by Crippen LogP contribution is -2.21. The second kappa shape index (κ2) is 7.74. The van der Waals surface area contributed by atoms with Crippen LogP contribution in [0.2, 0.25) is 5.15 Å². The maximum Gasteiger partial charge on any atom is 0.347 e. The lowest BCUT2D eigenvalue weighted by Gasteiger charge is -2.05. The number of aromatic nitrogens is 2. The van der Waals surface area contributed by atoms with Gasteiger partial charge in [0, 0.05) is 18.1 Å². The van der Waals surface area contributed by atoms with E-state index in [1.54, 1.807) is 10.8 Å². The van der Waals surface area contributed by atoms with E-state index in [2.05, 4.69) is 5.10 Å². The first-order valence-corrected chi connectivity index (χ1v) is 8.65. The summed E-state index contributed by atoms with van der Waals surface area (Å²) in [6.07, 6.45) is 2.36. The van der Waals surface area contributed by atoms with Gasteiger partial charge in [0.2, 0.25) is 6.10 Å². The van der Waals surface area contributed by atoms with Crippen molar-refractivity contribution >= 4 is 29.6 Å². The molecule has 1 aliphatic rings. The van der Waals surface area contributed by atoms with E-state index in [0.29, 0.717) is 29.4 Å². The van der Waals surface area contributed by atoms with Gasteiger partial charge in [0.05, 0.1) is 18.8 Å². The van der Waals surface area contributed by atoms with E-state index in [1.807, 2.05) is 38.1 Å². The summed E-state index contributed by atoms with van der Waals surface area (Å²) >= 11 is 6.41. The Labute approximate surface area is 156 Å². The molecular formula is C19H19ClN2O4. The van der Waals surface area contributed by atoms with Crippen molar-refractivity contribution in [2.45, 2.75) is 32.9 Å². The first kappa shape index (κ1) is 18.2. The van der Waals surface area contributed by atoms with Crippen molar-refractivity contribution in [3.8, 4) is 0 Å². The fraction of sp³-hybridized carbons (Fsp3) is 0.316. The molecule has 2 heterocycles. The number of nitrogens with zero attached hydrogens (tertiary/aromatic N) is 2. The first-order chi connectivity index (χ1) is 12.4. The first-order valence-electron chi connectivity index (χ1n) is 8.28.